The SMILES string of the molecule is CC1CC(=O)Nc2ccccc2N1C(=O)CN(C)C(=O)C=Cc1ccc(F)cc1. The first-order valence-corrected chi connectivity index (χ1v) is 9.25. The molecule has 0 aliphatic carbocycles. The largest absolute Gasteiger partial charge is 0.333 e. The number of anilines is 2. The summed E-state index contributed by atoms with van der Waals surface area (Å²) in [6, 6.07) is 12.5. The molecule has 0 saturated carbocycles. The Balaban J connectivity index is 1.72. The lowest BCUT2D eigenvalue weighted by molar-refractivity contribution is -0.130. The molecule has 0 aromatic heterocycles. The summed E-state index contributed by atoms with van der Waals surface area (Å²) in [6.45, 7) is 1.66. The molecule has 1 heterocycles. The zero-order valence-electron chi connectivity index (χ0n) is 16.3. The van der Waals surface area contributed by atoms with Crippen molar-refractivity contribution < 1.29 is 18.8 Å². The molecule has 29 heavy (non-hydrogen) atoms. The van der Waals surface area contributed by atoms with Crippen molar-refractivity contribution in [1.29, 1.82) is 0 Å². The topological polar surface area (TPSA) is 69.7 Å². The van der Waals surface area contributed by atoms with E-state index >= 15 is 0 Å². The van der Waals surface area contributed by atoms with Gasteiger partial charge in [-0.3, -0.25) is 14.4 Å². The maximum absolute atomic E-state index is 13.0. The highest BCUT2D eigenvalue weighted by atomic mass is 19.1. The van der Waals surface area contributed by atoms with Gasteiger partial charge >= 0.3 is 0 Å². The number of carbonyl (C=O) groups is 3. The molecule has 3 rings (SSSR count). The Kier molecular flexibility index (Phi) is 6.07. The minimum atomic E-state index is -0.354. The molecule has 2 aromatic rings. The first kappa shape index (κ1) is 20.3. The summed E-state index contributed by atoms with van der Waals surface area (Å²) in [5, 5.41) is 2.80. The highest BCUT2D eigenvalue weighted by molar-refractivity contribution is 6.06. The van der Waals surface area contributed by atoms with Crippen molar-refractivity contribution in [3.8, 4) is 0 Å². The van der Waals surface area contributed by atoms with Gasteiger partial charge < -0.3 is 15.1 Å². The van der Waals surface area contributed by atoms with Crippen molar-refractivity contribution in [2.45, 2.75) is 19.4 Å². The van der Waals surface area contributed by atoms with E-state index in [9.17, 15) is 18.8 Å². The van der Waals surface area contributed by atoms with Crippen molar-refractivity contribution in [2.24, 2.45) is 0 Å². The number of nitrogens with zero attached hydrogens (tertiary/aromatic N) is 2. The van der Waals surface area contributed by atoms with Gasteiger partial charge in [-0.05, 0) is 42.8 Å². The number of hydrogen-bond donors (Lipinski definition) is 1. The Morgan fingerprint density at radius 3 is 2.62 bits per heavy atom. The van der Waals surface area contributed by atoms with E-state index < -0.39 is 0 Å². The van der Waals surface area contributed by atoms with E-state index in [1.165, 1.54) is 30.2 Å². The van der Waals surface area contributed by atoms with Crippen LogP contribution in [0.15, 0.2) is 54.6 Å². The predicted molar refractivity (Wildman–Crippen MR) is 110 cm³/mol. The summed E-state index contributed by atoms with van der Waals surface area (Å²) in [5.41, 5.74) is 1.86. The molecule has 150 valence electrons. The molecule has 0 saturated heterocycles. The van der Waals surface area contributed by atoms with Crippen molar-refractivity contribution in [3.05, 3.63) is 66.0 Å². The van der Waals surface area contributed by atoms with Crippen LogP contribution in [0.1, 0.15) is 18.9 Å². The van der Waals surface area contributed by atoms with Crippen LogP contribution in [0.4, 0.5) is 15.8 Å². The van der Waals surface area contributed by atoms with Crippen LogP contribution in [0.3, 0.4) is 0 Å². The molecule has 1 aliphatic rings. The van der Waals surface area contributed by atoms with E-state index in [0.29, 0.717) is 16.9 Å². The van der Waals surface area contributed by atoms with Gasteiger partial charge in [-0.2, -0.15) is 0 Å². The summed E-state index contributed by atoms with van der Waals surface area (Å²) in [6.07, 6.45) is 3.07. The number of halogens is 1. The number of likely N-dealkylation sites (N-methyl/N-ethyl adjacent to an activating group) is 1. The van der Waals surface area contributed by atoms with E-state index in [1.54, 1.807) is 54.3 Å². The molecule has 0 spiro atoms. The number of benzene rings is 2. The average Bonchev–Trinajstić information content (AvgIpc) is 2.81. The second-order valence-corrected chi connectivity index (χ2v) is 6.96. The van der Waals surface area contributed by atoms with Crippen LogP contribution >= 0.6 is 0 Å². The molecule has 2 aromatic carbocycles. The molecular formula is C22H22FN3O3. The third-order valence-electron chi connectivity index (χ3n) is 4.66. The number of para-hydroxylation sites is 2. The van der Waals surface area contributed by atoms with Gasteiger partial charge in [-0.15, -0.1) is 0 Å². The van der Waals surface area contributed by atoms with E-state index in [-0.39, 0.29) is 42.5 Å². The monoisotopic (exact) mass is 395 g/mol. The smallest absolute Gasteiger partial charge is 0.246 e. The molecule has 0 bridgehead atoms. The highest BCUT2D eigenvalue weighted by Gasteiger charge is 2.30. The molecule has 7 heteroatoms. The van der Waals surface area contributed by atoms with E-state index in [4.69, 9.17) is 0 Å². The minimum Gasteiger partial charge on any atom is -0.333 e. The lowest BCUT2D eigenvalue weighted by atomic mass is 10.1. The molecule has 0 fully saturated rings. The molecule has 1 N–H and O–H groups in total. The maximum atomic E-state index is 13.0. The second-order valence-electron chi connectivity index (χ2n) is 6.96. The number of fused-ring (bicyclic) bond motifs is 1. The van der Waals surface area contributed by atoms with Crippen LogP contribution in [-0.4, -0.2) is 42.3 Å². The Hall–Kier alpha value is -3.48. The van der Waals surface area contributed by atoms with Crippen LogP contribution < -0.4 is 10.2 Å². The summed E-state index contributed by atoms with van der Waals surface area (Å²) < 4.78 is 13.0. The Morgan fingerprint density at radius 2 is 1.90 bits per heavy atom. The van der Waals surface area contributed by atoms with Gasteiger partial charge in [-0.25, -0.2) is 4.39 Å². The van der Waals surface area contributed by atoms with Crippen LogP contribution in [0.25, 0.3) is 6.08 Å². The lowest BCUT2D eigenvalue weighted by Crippen LogP contribution is -2.45. The van der Waals surface area contributed by atoms with Crippen molar-refractivity contribution in [1.82, 2.24) is 4.90 Å². The summed E-state index contributed by atoms with van der Waals surface area (Å²) >= 11 is 0. The standard InChI is InChI=1S/C22H22FN3O3/c1-15-13-20(27)24-18-5-3-4-6-19(18)26(15)22(29)14-25(2)21(28)12-9-16-7-10-17(23)11-8-16/h3-12,15H,13-14H2,1-2H3,(H,24,27). The van der Waals surface area contributed by atoms with Gasteiger partial charge in [0.15, 0.2) is 0 Å². The van der Waals surface area contributed by atoms with Gasteiger partial charge in [0.1, 0.15) is 12.4 Å². The van der Waals surface area contributed by atoms with Gasteiger partial charge in [0.05, 0.1) is 11.4 Å². The predicted octanol–water partition coefficient (Wildman–Crippen LogP) is 3.06. The van der Waals surface area contributed by atoms with Crippen LogP contribution in [0.2, 0.25) is 0 Å². The second kappa shape index (κ2) is 8.68. The maximum Gasteiger partial charge on any atom is 0.246 e. The first-order chi connectivity index (χ1) is 13.8. The van der Waals surface area contributed by atoms with Crippen molar-refractivity contribution in [3.63, 3.8) is 0 Å². The van der Waals surface area contributed by atoms with Gasteiger partial charge in [0.25, 0.3) is 0 Å². The molecule has 3 amide bonds. The van der Waals surface area contributed by atoms with Gasteiger partial charge in [-0.1, -0.05) is 24.3 Å². The summed E-state index contributed by atoms with van der Waals surface area (Å²) in [5.74, 6) is -1.15. The third-order valence-corrected chi connectivity index (χ3v) is 4.66. The van der Waals surface area contributed by atoms with Crippen LogP contribution in [-0.2, 0) is 14.4 Å². The highest BCUT2D eigenvalue weighted by Crippen LogP contribution is 2.31. The molecule has 6 nitrogen and oxygen atoms in total. The fourth-order valence-electron chi connectivity index (χ4n) is 3.19. The number of carbonyl (C=O) groups excluding carboxylic acids is 3. The van der Waals surface area contributed by atoms with E-state index in [1.807, 2.05) is 0 Å². The molecule has 1 atom stereocenters. The van der Waals surface area contributed by atoms with Crippen LogP contribution in [0, 0.1) is 5.82 Å². The zero-order chi connectivity index (χ0) is 21.0. The van der Waals surface area contributed by atoms with E-state index in [2.05, 4.69) is 5.32 Å². The Labute approximate surface area is 168 Å². The van der Waals surface area contributed by atoms with E-state index in [0.717, 1.165) is 0 Å². The fourth-order valence-corrected chi connectivity index (χ4v) is 3.19. The Bertz CT molecular complexity index is 956. The van der Waals surface area contributed by atoms with Gasteiger partial charge in [0.2, 0.25) is 17.7 Å². The summed E-state index contributed by atoms with van der Waals surface area (Å²) in [7, 11) is 1.53. The first-order valence-electron chi connectivity index (χ1n) is 9.25. The van der Waals surface area contributed by atoms with Crippen LogP contribution in [0.5, 0.6) is 0 Å². The Morgan fingerprint density at radius 1 is 1.21 bits per heavy atom. The quantitative estimate of drug-likeness (QED) is 0.809. The molecule has 1 unspecified atom stereocenters. The summed E-state index contributed by atoms with van der Waals surface area (Å²) in [4.78, 5) is 40.3. The average molecular weight is 395 g/mol. The fraction of sp³-hybridized carbons (Fsp3) is 0.227. The normalized spacial score (nSPS) is 16.2. The third kappa shape index (κ3) is 4.87. The van der Waals surface area contributed by atoms with Crippen molar-refractivity contribution in [2.75, 3.05) is 23.8 Å². The molecular weight excluding hydrogens is 373 g/mol. The molecule has 1 aliphatic heterocycles. The van der Waals surface area contributed by atoms with Gasteiger partial charge in [0, 0.05) is 25.6 Å². The number of rotatable bonds is 4. The number of nitrogens with one attached hydrogen (secondary N) is 1. The molecule has 0 radical (unpaired) electrons. The zero-order valence-corrected chi connectivity index (χ0v) is 16.3. The lowest BCUT2D eigenvalue weighted by Gasteiger charge is -2.29. The minimum absolute atomic E-state index is 0.139. The van der Waals surface area contributed by atoms with Crippen molar-refractivity contribution >= 4 is 35.2 Å². The number of amides is 3. The number of hydrogen-bond acceptors (Lipinski definition) is 3.